The molecule has 30 heavy (non-hydrogen) atoms. The quantitative estimate of drug-likeness (QED) is 0.433. The van der Waals surface area contributed by atoms with Gasteiger partial charge in [0.25, 0.3) is 0 Å². The maximum atomic E-state index is 14.0. The Morgan fingerprint density at radius 1 is 1.13 bits per heavy atom. The number of hydrogen-bond donors (Lipinski definition) is 2. The normalized spacial score (nSPS) is 14.4. The second-order valence-corrected chi connectivity index (χ2v) is 6.96. The summed E-state index contributed by atoms with van der Waals surface area (Å²) in [5.41, 5.74) is 1.35. The highest BCUT2D eigenvalue weighted by molar-refractivity contribution is 5.88. The van der Waals surface area contributed by atoms with Crippen LogP contribution in [0.25, 0.3) is 0 Å². The number of nitrogens with one attached hydrogen (secondary N) is 2. The van der Waals surface area contributed by atoms with Crippen LogP contribution >= 0.6 is 0 Å². The van der Waals surface area contributed by atoms with E-state index >= 15 is 0 Å². The highest BCUT2D eigenvalue weighted by atomic mass is 19.1. The average molecular weight is 413 g/mol. The van der Waals surface area contributed by atoms with Crippen LogP contribution in [0.5, 0.6) is 5.75 Å². The van der Waals surface area contributed by atoms with Crippen molar-refractivity contribution in [2.24, 2.45) is 4.99 Å². The Labute approximate surface area is 176 Å². The fourth-order valence-electron chi connectivity index (χ4n) is 3.40. The molecule has 2 aromatic carbocycles. The highest BCUT2D eigenvalue weighted by Gasteiger charge is 2.21. The number of hydrogen-bond acceptors (Lipinski definition) is 4. The molecule has 160 valence electrons. The van der Waals surface area contributed by atoms with Crippen LogP contribution in [0.1, 0.15) is 6.92 Å². The molecular weight excluding hydrogens is 385 g/mol. The summed E-state index contributed by atoms with van der Waals surface area (Å²) in [7, 11) is 1.75. The van der Waals surface area contributed by atoms with Gasteiger partial charge in [-0.05, 0) is 24.3 Å². The van der Waals surface area contributed by atoms with Crippen molar-refractivity contribution in [1.82, 2.24) is 10.2 Å². The van der Waals surface area contributed by atoms with Gasteiger partial charge in [-0.3, -0.25) is 9.79 Å². The number of carbonyl (C=O) groups excluding carboxylic acids is 1. The van der Waals surface area contributed by atoms with Gasteiger partial charge in [0.1, 0.15) is 18.2 Å². The molecule has 0 radical (unpaired) electrons. The Kier molecular flexibility index (Phi) is 7.48. The monoisotopic (exact) mass is 413 g/mol. The number of anilines is 2. The lowest BCUT2D eigenvalue weighted by Gasteiger charge is -2.37. The van der Waals surface area contributed by atoms with Crippen molar-refractivity contribution in [2.45, 2.75) is 6.92 Å². The number of benzene rings is 2. The van der Waals surface area contributed by atoms with E-state index in [1.54, 1.807) is 19.2 Å². The summed E-state index contributed by atoms with van der Waals surface area (Å²) >= 11 is 0. The molecule has 0 unspecified atom stereocenters. The van der Waals surface area contributed by atoms with Gasteiger partial charge in [-0.2, -0.15) is 0 Å². The number of ether oxygens (including phenoxy) is 1. The zero-order valence-electron chi connectivity index (χ0n) is 17.4. The summed E-state index contributed by atoms with van der Waals surface area (Å²) < 4.78 is 19.8. The van der Waals surface area contributed by atoms with Gasteiger partial charge in [0.2, 0.25) is 5.91 Å². The van der Waals surface area contributed by atoms with E-state index in [9.17, 15) is 9.18 Å². The smallest absolute Gasteiger partial charge is 0.221 e. The van der Waals surface area contributed by atoms with E-state index in [1.807, 2.05) is 30.3 Å². The molecule has 2 aromatic rings. The van der Waals surface area contributed by atoms with Gasteiger partial charge in [-0.1, -0.05) is 18.2 Å². The van der Waals surface area contributed by atoms with Crippen LogP contribution in [0.3, 0.4) is 0 Å². The van der Waals surface area contributed by atoms with Crippen molar-refractivity contribution < 1.29 is 13.9 Å². The summed E-state index contributed by atoms with van der Waals surface area (Å²) in [6.45, 7) is 5.49. The van der Waals surface area contributed by atoms with Crippen molar-refractivity contribution in [3.05, 3.63) is 54.3 Å². The van der Waals surface area contributed by atoms with E-state index in [-0.39, 0.29) is 11.7 Å². The number of halogens is 1. The summed E-state index contributed by atoms with van der Waals surface area (Å²) in [4.78, 5) is 19.7. The third-order valence-corrected chi connectivity index (χ3v) is 4.79. The predicted octanol–water partition coefficient (Wildman–Crippen LogP) is 2.56. The molecule has 1 aliphatic heterocycles. The van der Waals surface area contributed by atoms with Crippen molar-refractivity contribution in [3.8, 4) is 5.75 Å². The lowest BCUT2D eigenvalue weighted by Crippen LogP contribution is -2.53. The molecule has 0 bridgehead atoms. The van der Waals surface area contributed by atoms with Crippen LogP contribution in [0.15, 0.2) is 53.5 Å². The van der Waals surface area contributed by atoms with Crippen molar-refractivity contribution >= 4 is 23.2 Å². The molecule has 0 spiro atoms. The Balaban J connectivity index is 1.43. The lowest BCUT2D eigenvalue weighted by atomic mass is 10.2. The summed E-state index contributed by atoms with van der Waals surface area (Å²) in [5.74, 6) is 1.19. The second-order valence-electron chi connectivity index (χ2n) is 6.96. The zero-order chi connectivity index (χ0) is 21.3. The van der Waals surface area contributed by atoms with Crippen LogP contribution in [-0.2, 0) is 4.79 Å². The molecule has 0 aliphatic carbocycles. The molecule has 0 saturated carbocycles. The summed E-state index contributed by atoms with van der Waals surface area (Å²) in [6.07, 6.45) is 0. The van der Waals surface area contributed by atoms with E-state index in [2.05, 4.69) is 25.4 Å². The molecule has 8 heteroatoms. The van der Waals surface area contributed by atoms with E-state index < -0.39 is 0 Å². The number of rotatable bonds is 6. The van der Waals surface area contributed by atoms with E-state index in [0.717, 1.165) is 32.1 Å². The minimum absolute atomic E-state index is 0.118. The number of aliphatic imine (C=N–C) groups is 1. The second kappa shape index (κ2) is 10.5. The third kappa shape index (κ3) is 5.85. The molecule has 1 saturated heterocycles. The molecule has 1 fully saturated rings. The first-order chi connectivity index (χ1) is 14.6. The van der Waals surface area contributed by atoms with Crippen LogP contribution in [0.4, 0.5) is 15.8 Å². The third-order valence-electron chi connectivity index (χ3n) is 4.79. The summed E-state index contributed by atoms with van der Waals surface area (Å²) in [5, 5.41) is 6.05. The van der Waals surface area contributed by atoms with E-state index in [1.165, 1.54) is 13.0 Å². The first-order valence-electron chi connectivity index (χ1n) is 10.0. The number of piperazine rings is 1. The maximum Gasteiger partial charge on any atom is 0.221 e. The molecule has 3 rings (SSSR count). The van der Waals surface area contributed by atoms with Crippen LogP contribution < -0.4 is 20.3 Å². The van der Waals surface area contributed by atoms with Gasteiger partial charge in [-0.25, -0.2) is 4.39 Å². The van der Waals surface area contributed by atoms with Gasteiger partial charge >= 0.3 is 0 Å². The van der Waals surface area contributed by atoms with E-state index in [0.29, 0.717) is 30.3 Å². The lowest BCUT2D eigenvalue weighted by molar-refractivity contribution is -0.114. The highest BCUT2D eigenvalue weighted by Crippen LogP contribution is 2.20. The van der Waals surface area contributed by atoms with E-state index in [4.69, 9.17) is 4.74 Å². The molecule has 7 nitrogen and oxygen atoms in total. The van der Waals surface area contributed by atoms with Gasteiger partial charge in [0.05, 0.1) is 12.2 Å². The fraction of sp³-hybridized carbons (Fsp3) is 0.364. The van der Waals surface area contributed by atoms with Crippen LogP contribution in [0, 0.1) is 5.82 Å². The Bertz CT molecular complexity index is 881. The molecular formula is C22H28FN5O2. The zero-order valence-corrected chi connectivity index (χ0v) is 17.4. The molecule has 0 aromatic heterocycles. The Hall–Kier alpha value is -3.29. The first-order valence-corrected chi connectivity index (χ1v) is 10.0. The molecule has 1 aliphatic rings. The number of amides is 1. The molecule has 1 heterocycles. The van der Waals surface area contributed by atoms with Crippen LogP contribution in [0.2, 0.25) is 0 Å². The number of para-hydroxylation sites is 1. The Morgan fingerprint density at radius 3 is 2.60 bits per heavy atom. The van der Waals surface area contributed by atoms with Crippen molar-refractivity contribution in [1.29, 1.82) is 0 Å². The first kappa shape index (κ1) is 21.4. The standard InChI is InChI=1S/C22H28FN5O2/c1-17(29)26-18-6-5-7-19(16-18)30-15-10-25-22(24-2)28-13-11-27(12-14-28)21-9-4-3-8-20(21)23/h3-9,16H,10-15H2,1-2H3,(H,24,25)(H,26,29). The maximum absolute atomic E-state index is 14.0. The van der Waals surface area contributed by atoms with Crippen molar-refractivity contribution in [3.63, 3.8) is 0 Å². The average Bonchev–Trinajstić information content (AvgIpc) is 2.74. The topological polar surface area (TPSA) is 69.2 Å². The molecule has 0 atom stereocenters. The Morgan fingerprint density at radius 2 is 1.90 bits per heavy atom. The predicted molar refractivity (Wildman–Crippen MR) is 118 cm³/mol. The fourth-order valence-corrected chi connectivity index (χ4v) is 3.40. The van der Waals surface area contributed by atoms with Crippen LogP contribution in [-0.4, -0.2) is 63.1 Å². The van der Waals surface area contributed by atoms with Crippen molar-refractivity contribution in [2.75, 3.05) is 56.6 Å². The van der Waals surface area contributed by atoms with Gasteiger partial charge in [-0.15, -0.1) is 0 Å². The molecule has 2 N–H and O–H groups in total. The number of guanidine groups is 1. The number of carbonyl (C=O) groups is 1. The SMILES string of the molecule is CN=C(NCCOc1cccc(NC(C)=O)c1)N1CCN(c2ccccc2F)CC1. The number of nitrogens with zero attached hydrogens (tertiary/aromatic N) is 3. The van der Waals surface area contributed by atoms with Gasteiger partial charge in [0, 0.05) is 51.9 Å². The van der Waals surface area contributed by atoms with Gasteiger partial charge in [0.15, 0.2) is 5.96 Å². The minimum atomic E-state index is -0.187. The molecule has 1 amide bonds. The minimum Gasteiger partial charge on any atom is -0.492 e. The largest absolute Gasteiger partial charge is 0.492 e. The summed E-state index contributed by atoms with van der Waals surface area (Å²) in [6, 6.07) is 14.2. The van der Waals surface area contributed by atoms with Gasteiger partial charge < -0.3 is 25.2 Å².